The number of hydrogen-bond acceptors (Lipinski definition) is 0. The molecular formula is BV7. The van der Waals surface area contributed by atoms with Gasteiger partial charge in [0.2, 0.25) is 0 Å². The molecule has 0 unspecified atom stereocenters. The van der Waals surface area contributed by atoms with Gasteiger partial charge in [0.05, 0.1) is 0 Å². The molecule has 0 bridgehead atoms. The first-order valence-electron chi connectivity index (χ1n) is 0. The molecule has 0 aliphatic carbocycles. The Balaban J connectivity index is 0. The summed E-state index contributed by atoms with van der Waals surface area (Å²) in [5.41, 5.74) is 0. The van der Waals surface area contributed by atoms with Gasteiger partial charge in [0.1, 0.15) is 0 Å². The van der Waals surface area contributed by atoms with Crippen LogP contribution in [0.3, 0.4) is 0 Å². The molecule has 0 heterocycles. The SMILES string of the molecule is [B].[V].[V].[V].[V].[V].[V].[V]. The van der Waals surface area contributed by atoms with Gasteiger partial charge in [-0.3, -0.25) is 0 Å². The molecule has 0 aliphatic rings. The van der Waals surface area contributed by atoms with Gasteiger partial charge < -0.3 is 0 Å². The standard InChI is InChI=1S/B.7V. The van der Waals surface area contributed by atoms with E-state index in [1.165, 1.54) is 0 Å². The molecule has 8 heteroatoms. The summed E-state index contributed by atoms with van der Waals surface area (Å²) in [7, 11) is 0. The molecular weight excluding hydrogens is 367 g/mol. The van der Waals surface area contributed by atoms with Crippen molar-refractivity contribution in [2.24, 2.45) is 0 Å². The molecule has 0 atom stereocenters. The van der Waals surface area contributed by atoms with E-state index in [9.17, 15) is 0 Å². The van der Waals surface area contributed by atoms with E-state index in [2.05, 4.69) is 0 Å². The van der Waals surface area contributed by atoms with Crippen molar-refractivity contribution >= 4 is 8.41 Å². The van der Waals surface area contributed by atoms with Crippen LogP contribution in [0.5, 0.6) is 0 Å². The molecule has 0 aromatic rings. The monoisotopic (exact) mass is 368 g/mol. The van der Waals surface area contributed by atoms with Gasteiger partial charge in [0, 0.05) is 138 Å². The van der Waals surface area contributed by atoms with Crippen LogP contribution in [0.15, 0.2) is 0 Å². The fraction of sp³-hybridized carbons (Fsp3) is 0. The molecule has 8 heavy (non-hydrogen) atoms. The Morgan fingerprint density at radius 2 is 0.250 bits per heavy atom. The van der Waals surface area contributed by atoms with Gasteiger partial charge >= 0.3 is 0 Å². The molecule has 0 aliphatic heterocycles. The van der Waals surface area contributed by atoms with Gasteiger partial charge in [0.15, 0.2) is 0 Å². The van der Waals surface area contributed by atoms with E-state index >= 15 is 0 Å². The molecule has 0 amide bonds. The van der Waals surface area contributed by atoms with E-state index in [0.29, 0.717) is 0 Å². The van der Waals surface area contributed by atoms with Crippen molar-refractivity contribution in [2.45, 2.75) is 0 Å². The topological polar surface area (TPSA) is 0 Å². The molecule has 0 nitrogen and oxygen atoms in total. The summed E-state index contributed by atoms with van der Waals surface area (Å²) in [4.78, 5) is 0. The van der Waals surface area contributed by atoms with Crippen molar-refractivity contribution in [2.75, 3.05) is 0 Å². The molecule has 0 N–H and O–H groups in total. The third-order valence-electron chi connectivity index (χ3n) is 0. The zero-order valence-corrected chi connectivity index (χ0v) is 13.5. The zero-order valence-electron chi connectivity index (χ0n) is 3.71. The molecule has 0 aromatic heterocycles. The molecule has 0 spiro atoms. The van der Waals surface area contributed by atoms with Gasteiger partial charge in [-0.05, 0) is 0 Å². The van der Waals surface area contributed by atoms with Crippen molar-refractivity contribution in [3.05, 3.63) is 0 Å². The van der Waals surface area contributed by atoms with Gasteiger partial charge in [-0.25, -0.2) is 0 Å². The first-order valence-corrected chi connectivity index (χ1v) is 0. The molecule has 0 saturated carbocycles. The fourth-order valence-electron chi connectivity index (χ4n) is 0. The predicted molar refractivity (Wildman–Crippen MR) is 5.75 cm³/mol. The summed E-state index contributed by atoms with van der Waals surface area (Å²) < 4.78 is 0. The van der Waals surface area contributed by atoms with Crippen LogP contribution in [0.4, 0.5) is 0 Å². The minimum Gasteiger partial charge on any atom is 0 e. The van der Waals surface area contributed by atoms with E-state index in [1.807, 2.05) is 0 Å². The van der Waals surface area contributed by atoms with Gasteiger partial charge in [-0.2, -0.15) is 0 Å². The average Bonchev–Trinajstić information content (AvgIpc) is 0. The summed E-state index contributed by atoms with van der Waals surface area (Å²) in [5.74, 6) is 0. The molecule has 0 fully saturated rings. The van der Waals surface area contributed by atoms with E-state index in [1.54, 1.807) is 0 Å². The smallest absolute Gasteiger partial charge is 0 e. The predicted octanol–water partition coefficient (Wildman–Crippen LogP) is -0.398. The van der Waals surface area contributed by atoms with Crippen molar-refractivity contribution in [3.63, 3.8) is 0 Å². The summed E-state index contributed by atoms with van der Waals surface area (Å²) in [6.07, 6.45) is 0. The fourth-order valence-corrected chi connectivity index (χ4v) is 0. The Morgan fingerprint density at radius 3 is 0.250 bits per heavy atom. The van der Waals surface area contributed by atoms with Crippen LogP contribution in [0.2, 0.25) is 0 Å². The van der Waals surface area contributed by atoms with Gasteiger partial charge in [0.25, 0.3) is 0 Å². The first-order chi connectivity index (χ1) is 0. The largest absolute Gasteiger partial charge is 0 e. The normalized spacial score (nSPS) is 0. The maximum absolute atomic E-state index is 0. The Kier molecular flexibility index (Phi) is 729. The van der Waals surface area contributed by atoms with E-state index < -0.39 is 0 Å². The van der Waals surface area contributed by atoms with Crippen LogP contribution < -0.4 is 0 Å². The van der Waals surface area contributed by atoms with Crippen molar-refractivity contribution in [1.29, 1.82) is 0 Å². The van der Waals surface area contributed by atoms with Gasteiger partial charge in [-0.15, -0.1) is 0 Å². The molecule has 0 saturated heterocycles. The summed E-state index contributed by atoms with van der Waals surface area (Å²) in [6.45, 7) is 0. The van der Waals surface area contributed by atoms with E-state index in [-0.39, 0.29) is 138 Å². The second kappa shape index (κ2) is 66.6. The summed E-state index contributed by atoms with van der Waals surface area (Å²) in [5, 5.41) is 0. The van der Waals surface area contributed by atoms with Crippen LogP contribution in [-0.4, -0.2) is 8.41 Å². The van der Waals surface area contributed by atoms with Crippen molar-refractivity contribution in [1.82, 2.24) is 0 Å². The van der Waals surface area contributed by atoms with E-state index in [4.69, 9.17) is 0 Å². The van der Waals surface area contributed by atoms with Crippen LogP contribution >= 0.6 is 0 Å². The van der Waals surface area contributed by atoms with Crippen LogP contribution in [0.1, 0.15) is 0 Å². The Bertz CT molecular complexity index is 4.35. The third-order valence-corrected chi connectivity index (χ3v) is 0. The molecule has 0 aromatic carbocycles. The second-order valence-electron chi connectivity index (χ2n) is 0. The van der Waals surface area contributed by atoms with Crippen LogP contribution in [-0.2, 0) is 130 Å². The minimum atomic E-state index is 0. The maximum Gasteiger partial charge on any atom is 0 e. The summed E-state index contributed by atoms with van der Waals surface area (Å²) >= 11 is 0. The van der Waals surface area contributed by atoms with Crippen molar-refractivity contribution < 1.29 is 130 Å². The van der Waals surface area contributed by atoms with Crippen molar-refractivity contribution in [3.8, 4) is 0 Å². The quantitative estimate of drug-likeness (QED) is 0.512. The van der Waals surface area contributed by atoms with Crippen LogP contribution in [0, 0.1) is 0 Å². The third kappa shape index (κ3) is 49.3. The number of rotatable bonds is 0. The van der Waals surface area contributed by atoms with E-state index in [0.717, 1.165) is 0 Å². The summed E-state index contributed by atoms with van der Waals surface area (Å²) in [6, 6.07) is 0. The molecule has 38 valence electrons. The Hall–Kier alpha value is 4.16. The van der Waals surface area contributed by atoms with Crippen LogP contribution in [0.25, 0.3) is 0 Å². The Morgan fingerprint density at radius 1 is 0.250 bits per heavy atom. The molecule has 0 rings (SSSR count). The number of hydrogen-bond donors (Lipinski definition) is 0. The maximum atomic E-state index is 0. The van der Waals surface area contributed by atoms with Gasteiger partial charge in [-0.1, -0.05) is 0 Å². The second-order valence-corrected chi connectivity index (χ2v) is 0. The average molecular weight is 367 g/mol. The first kappa shape index (κ1) is 87.6. The molecule has 10 radical (unpaired) electrons. The minimum absolute atomic E-state index is 0. The Labute approximate surface area is 136 Å². The zero-order chi connectivity index (χ0) is 0.